The van der Waals surface area contributed by atoms with Crippen molar-refractivity contribution >= 4 is 29.9 Å². The molecule has 6 nitrogen and oxygen atoms in total. The monoisotopic (exact) mass is 522 g/mol. The summed E-state index contributed by atoms with van der Waals surface area (Å²) in [5, 5.41) is 3.59. The third-order valence-electron chi connectivity index (χ3n) is 5.68. The van der Waals surface area contributed by atoms with Gasteiger partial charge in [-0.15, -0.1) is 24.0 Å². The molecular weight excluding hydrogens is 491 g/mol. The van der Waals surface area contributed by atoms with Crippen molar-refractivity contribution in [3.63, 3.8) is 0 Å². The molecule has 162 valence electrons. The Morgan fingerprint density at radius 2 is 2.03 bits per heavy atom. The Kier molecular flexibility index (Phi) is 8.74. The number of nitrogens with zero attached hydrogens (tertiary/aromatic N) is 3. The van der Waals surface area contributed by atoms with E-state index in [1.165, 1.54) is 5.56 Å². The number of aromatic nitrogens is 1. The van der Waals surface area contributed by atoms with Gasteiger partial charge in [0, 0.05) is 51.3 Å². The fraction of sp³-hybridized carbons (Fsp3) is 0.478. The molecule has 1 aromatic carbocycles. The van der Waals surface area contributed by atoms with E-state index in [1.54, 1.807) is 6.20 Å². The first-order valence-corrected chi connectivity index (χ1v) is 10.5. The van der Waals surface area contributed by atoms with Crippen LogP contribution in [0.3, 0.4) is 0 Å². The SMILES string of the molecule is CN=C(NCC1CCCOC1c1ccccc1)N1CCC(Oc2ccccn2)C1.I. The minimum atomic E-state index is 0. The highest BCUT2D eigenvalue weighted by molar-refractivity contribution is 14.0. The van der Waals surface area contributed by atoms with Gasteiger partial charge in [0.05, 0.1) is 12.6 Å². The lowest BCUT2D eigenvalue weighted by atomic mass is 9.89. The number of pyridine rings is 1. The molecule has 3 atom stereocenters. The second-order valence-electron chi connectivity index (χ2n) is 7.68. The largest absolute Gasteiger partial charge is 0.472 e. The molecule has 7 heteroatoms. The van der Waals surface area contributed by atoms with Crippen LogP contribution in [-0.4, -0.2) is 55.2 Å². The zero-order valence-corrected chi connectivity index (χ0v) is 19.8. The topological polar surface area (TPSA) is 59.0 Å². The van der Waals surface area contributed by atoms with Crippen LogP contribution in [0.5, 0.6) is 5.88 Å². The predicted molar refractivity (Wildman–Crippen MR) is 129 cm³/mol. The summed E-state index contributed by atoms with van der Waals surface area (Å²) in [5.74, 6) is 2.06. The summed E-state index contributed by atoms with van der Waals surface area (Å²) < 4.78 is 12.1. The van der Waals surface area contributed by atoms with Crippen molar-refractivity contribution in [1.29, 1.82) is 0 Å². The van der Waals surface area contributed by atoms with Gasteiger partial charge in [0.1, 0.15) is 6.10 Å². The van der Waals surface area contributed by atoms with Crippen LogP contribution in [0.1, 0.15) is 30.9 Å². The zero-order valence-electron chi connectivity index (χ0n) is 17.4. The minimum Gasteiger partial charge on any atom is -0.472 e. The molecule has 0 aliphatic carbocycles. The Hall–Kier alpha value is -1.87. The van der Waals surface area contributed by atoms with Gasteiger partial charge in [-0.2, -0.15) is 0 Å². The second kappa shape index (κ2) is 11.5. The molecule has 0 saturated carbocycles. The van der Waals surface area contributed by atoms with E-state index in [0.717, 1.165) is 51.5 Å². The molecule has 2 fully saturated rings. The summed E-state index contributed by atoms with van der Waals surface area (Å²) in [4.78, 5) is 11.1. The van der Waals surface area contributed by atoms with Crippen molar-refractivity contribution in [3.05, 3.63) is 60.3 Å². The van der Waals surface area contributed by atoms with E-state index in [4.69, 9.17) is 9.47 Å². The quantitative estimate of drug-likeness (QED) is 0.367. The molecule has 2 aliphatic heterocycles. The number of hydrogen-bond donors (Lipinski definition) is 1. The van der Waals surface area contributed by atoms with E-state index in [9.17, 15) is 0 Å². The van der Waals surface area contributed by atoms with Crippen LogP contribution in [0.15, 0.2) is 59.7 Å². The summed E-state index contributed by atoms with van der Waals surface area (Å²) in [5.41, 5.74) is 1.26. The second-order valence-corrected chi connectivity index (χ2v) is 7.68. The van der Waals surface area contributed by atoms with E-state index in [0.29, 0.717) is 11.8 Å². The van der Waals surface area contributed by atoms with E-state index >= 15 is 0 Å². The highest BCUT2D eigenvalue weighted by atomic mass is 127. The molecule has 2 aromatic rings. The molecule has 0 amide bonds. The fourth-order valence-electron chi connectivity index (χ4n) is 4.22. The number of likely N-dealkylation sites (tertiary alicyclic amines) is 1. The van der Waals surface area contributed by atoms with Crippen molar-refractivity contribution in [2.45, 2.75) is 31.5 Å². The number of ether oxygens (including phenoxy) is 2. The van der Waals surface area contributed by atoms with Crippen molar-refractivity contribution < 1.29 is 9.47 Å². The number of benzene rings is 1. The van der Waals surface area contributed by atoms with Gasteiger partial charge in [-0.05, 0) is 24.5 Å². The van der Waals surface area contributed by atoms with Gasteiger partial charge in [0.2, 0.25) is 5.88 Å². The molecule has 2 saturated heterocycles. The van der Waals surface area contributed by atoms with Gasteiger partial charge in [-0.1, -0.05) is 36.4 Å². The van der Waals surface area contributed by atoms with Crippen molar-refractivity contribution in [3.8, 4) is 5.88 Å². The zero-order chi connectivity index (χ0) is 19.9. The first-order valence-electron chi connectivity index (χ1n) is 10.5. The Labute approximate surface area is 196 Å². The van der Waals surface area contributed by atoms with Gasteiger partial charge in [-0.25, -0.2) is 4.98 Å². The fourth-order valence-corrected chi connectivity index (χ4v) is 4.22. The average Bonchev–Trinajstić information content (AvgIpc) is 3.24. The van der Waals surface area contributed by atoms with Crippen molar-refractivity contribution in [2.75, 3.05) is 33.3 Å². The van der Waals surface area contributed by atoms with E-state index in [1.807, 2.05) is 25.2 Å². The van der Waals surface area contributed by atoms with E-state index in [2.05, 4.69) is 50.5 Å². The number of halogens is 1. The molecule has 2 aliphatic rings. The summed E-state index contributed by atoms with van der Waals surface area (Å²) in [6, 6.07) is 16.3. The van der Waals surface area contributed by atoms with Crippen molar-refractivity contribution in [1.82, 2.24) is 15.2 Å². The summed E-state index contributed by atoms with van der Waals surface area (Å²) in [6.45, 7) is 3.44. The predicted octanol–water partition coefficient (Wildman–Crippen LogP) is 3.90. The molecular formula is C23H31IN4O2. The molecule has 0 bridgehead atoms. The molecule has 4 rings (SSSR count). The Morgan fingerprint density at radius 1 is 1.20 bits per heavy atom. The Bertz CT molecular complexity index is 790. The van der Waals surface area contributed by atoms with Gasteiger partial charge in [-0.3, -0.25) is 4.99 Å². The normalized spacial score (nSPS) is 24.2. The lowest BCUT2D eigenvalue weighted by Crippen LogP contribution is -2.44. The van der Waals surface area contributed by atoms with Gasteiger partial charge in [0.25, 0.3) is 0 Å². The van der Waals surface area contributed by atoms with Gasteiger partial charge in [0.15, 0.2) is 5.96 Å². The molecule has 0 radical (unpaired) electrons. The maximum atomic E-state index is 6.13. The number of nitrogens with one attached hydrogen (secondary N) is 1. The highest BCUT2D eigenvalue weighted by Gasteiger charge is 2.30. The lowest BCUT2D eigenvalue weighted by Gasteiger charge is -2.33. The molecule has 30 heavy (non-hydrogen) atoms. The number of aliphatic imine (C=N–C) groups is 1. The maximum Gasteiger partial charge on any atom is 0.213 e. The van der Waals surface area contributed by atoms with E-state index in [-0.39, 0.29) is 36.2 Å². The smallest absolute Gasteiger partial charge is 0.213 e. The number of rotatable bonds is 5. The molecule has 1 N–H and O–H groups in total. The van der Waals surface area contributed by atoms with Crippen LogP contribution >= 0.6 is 24.0 Å². The lowest BCUT2D eigenvalue weighted by molar-refractivity contribution is -0.0266. The first kappa shape index (κ1) is 22.8. The van der Waals surface area contributed by atoms with Crippen LogP contribution < -0.4 is 10.1 Å². The summed E-state index contributed by atoms with van der Waals surface area (Å²) in [7, 11) is 1.85. The van der Waals surface area contributed by atoms with Gasteiger partial charge >= 0.3 is 0 Å². The third kappa shape index (κ3) is 5.85. The van der Waals surface area contributed by atoms with Gasteiger partial charge < -0.3 is 19.7 Å². The molecule has 0 spiro atoms. The van der Waals surface area contributed by atoms with E-state index < -0.39 is 0 Å². The van der Waals surface area contributed by atoms with Crippen molar-refractivity contribution in [2.24, 2.45) is 10.9 Å². The standard InChI is InChI=1S/C23H30N4O2.HI/c1-24-23(27-14-12-20(17-27)29-21-11-5-6-13-25-21)26-16-19-10-7-15-28-22(19)18-8-3-2-4-9-18;/h2-6,8-9,11,13,19-20,22H,7,10,12,14-17H2,1H3,(H,24,26);1H. The van der Waals surface area contributed by atoms with Crippen LogP contribution in [-0.2, 0) is 4.74 Å². The Balaban J connectivity index is 0.00000256. The number of hydrogen-bond acceptors (Lipinski definition) is 4. The first-order chi connectivity index (χ1) is 14.3. The number of guanidine groups is 1. The molecule has 1 aromatic heterocycles. The molecule has 3 unspecified atom stereocenters. The third-order valence-corrected chi connectivity index (χ3v) is 5.68. The van der Waals surface area contributed by atoms with Crippen LogP contribution in [0, 0.1) is 5.92 Å². The summed E-state index contributed by atoms with van der Waals surface area (Å²) in [6.07, 6.45) is 5.29. The average molecular weight is 522 g/mol. The Morgan fingerprint density at radius 3 is 2.80 bits per heavy atom. The maximum absolute atomic E-state index is 6.13. The van der Waals surface area contributed by atoms with Crippen LogP contribution in [0.2, 0.25) is 0 Å². The summed E-state index contributed by atoms with van der Waals surface area (Å²) >= 11 is 0. The minimum absolute atomic E-state index is 0. The van der Waals surface area contributed by atoms with Crippen LogP contribution in [0.25, 0.3) is 0 Å². The molecule has 3 heterocycles. The van der Waals surface area contributed by atoms with Crippen LogP contribution in [0.4, 0.5) is 0 Å². The highest BCUT2D eigenvalue weighted by Crippen LogP contribution is 2.33.